The number of likely N-dealkylation sites (N-methyl/N-ethyl adjacent to an activating group) is 2. The first-order valence-corrected chi connectivity index (χ1v) is 5.79. The first-order chi connectivity index (χ1) is 7.15. The largest absolute Gasteiger partial charge is 0.345 e. The molecule has 0 aromatic heterocycles. The summed E-state index contributed by atoms with van der Waals surface area (Å²) < 4.78 is 0. The zero-order chi connectivity index (χ0) is 11.3. The van der Waals surface area contributed by atoms with Gasteiger partial charge in [0.1, 0.15) is 0 Å². The van der Waals surface area contributed by atoms with Crippen LogP contribution in [0.3, 0.4) is 0 Å². The molecule has 1 amide bonds. The molecule has 1 rings (SSSR count). The number of nitrogens with zero attached hydrogens (tertiary/aromatic N) is 2. The van der Waals surface area contributed by atoms with Crippen LogP contribution in [0.4, 0.5) is 0 Å². The SMILES string of the molecule is CN(CCCN)C(=O)CN(C)C1CCC1. The van der Waals surface area contributed by atoms with Gasteiger partial charge in [0.05, 0.1) is 6.54 Å². The smallest absolute Gasteiger partial charge is 0.236 e. The molecular weight excluding hydrogens is 190 g/mol. The van der Waals surface area contributed by atoms with Crippen molar-refractivity contribution in [3.05, 3.63) is 0 Å². The van der Waals surface area contributed by atoms with Crippen molar-refractivity contribution in [2.75, 3.05) is 33.7 Å². The van der Waals surface area contributed by atoms with Crippen molar-refractivity contribution >= 4 is 5.91 Å². The number of nitrogens with two attached hydrogens (primary N) is 1. The fourth-order valence-corrected chi connectivity index (χ4v) is 1.74. The molecular formula is C11H23N3O. The topological polar surface area (TPSA) is 49.6 Å². The van der Waals surface area contributed by atoms with Crippen LogP contribution in [-0.2, 0) is 4.79 Å². The van der Waals surface area contributed by atoms with Crippen molar-refractivity contribution in [2.24, 2.45) is 5.73 Å². The molecule has 0 aromatic rings. The second-order valence-corrected chi connectivity index (χ2v) is 4.46. The number of hydrogen-bond donors (Lipinski definition) is 1. The van der Waals surface area contributed by atoms with Gasteiger partial charge in [0.2, 0.25) is 5.91 Å². The molecule has 4 nitrogen and oxygen atoms in total. The third kappa shape index (κ3) is 3.80. The van der Waals surface area contributed by atoms with Crippen molar-refractivity contribution in [3.63, 3.8) is 0 Å². The number of rotatable bonds is 6. The van der Waals surface area contributed by atoms with Gasteiger partial charge < -0.3 is 10.6 Å². The molecule has 0 aromatic carbocycles. The van der Waals surface area contributed by atoms with Crippen LogP contribution in [0.25, 0.3) is 0 Å². The zero-order valence-corrected chi connectivity index (χ0v) is 9.91. The third-order valence-corrected chi connectivity index (χ3v) is 3.21. The van der Waals surface area contributed by atoms with Crippen molar-refractivity contribution in [1.82, 2.24) is 9.80 Å². The number of carbonyl (C=O) groups excluding carboxylic acids is 1. The van der Waals surface area contributed by atoms with Gasteiger partial charge in [0.25, 0.3) is 0 Å². The van der Waals surface area contributed by atoms with Crippen molar-refractivity contribution in [2.45, 2.75) is 31.7 Å². The number of hydrogen-bond acceptors (Lipinski definition) is 3. The highest BCUT2D eigenvalue weighted by Gasteiger charge is 2.24. The minimum absolute atomic E-state index is 0.206. The summed E-state index contributed by atoms with van der Waals surface area (Å²) in [5.41, 5.74) is 5.41. The van der Waals surface area contributed by atoms with Gasteiger partial charge in [-0.25, -0.2) is 0 Å². The molecule has 15 heavy (non-hydrogen) atoms. The Labute approximate surface area is 92.4 Å². The van der Waals surface area contributed by atoms with E-state index in [2.05, 4.69) is 4.90 Å². The Morgan fingerprint density at radius 2 is 2.07 bits per heavy atom. The summed E-state index contributed by atoms with van der Waals surface area (Å²) in [6.45, 7) is 1.97. The molecule has 1 saturated carbocycles. The highest BCUT2D eigenvalue weighted by atomic mass is 16.2. The first-order valence-electron chi connectivity index (χ1n) is 5.79. The van der Waals surface area contributed by atoms with Crippen LogP contribution in [-0.4, -0.2) is 55.5 Å². The molecule has 1 aliphatic carbocycles. The van der Waals surface area contributed by atoms with Crippen LogP contribution in [0.5, 0.6) is 0 Å². The molecule has 0 saturated heterocycles. The van der Waals surface area contributed by atoms with Crippen LogP contribution >= 0.6 is 0 Å². The summed E-state index contributed by atoms with van der Waals surface area (Å²) in [5, 5.41) is 0. The minimum Gasteiger partial charge on any atom is -0.345 e. The Hall–Kier alpha value is -0.610. The molecule has 0 aliphatic heterocycles. The van der Waals surface area contributed by atoms with E-state index in [4.69, 9.17) is 5.73 Å². The average molecular weight is 213 g/mol. The maximum absolute atomic E-state index is 11.7. The molecule has 0 atom stereocenters. The fraction of sp³-hybridized carbons (Fsp3) is 0.909. The molecule has 0 radical (unpaired) electrons. The van der Waals surface area contributed by atoms with Crippen molar-refractivity contribution in [3.8, 4) is 0 Å². The summed E-state index contributed by atoms with van der Waals surface area (Å²) in [6, 6.07) is 0.636. The molecule has 1 fully saturated rings. The Kier molecular flexibility index (Phi) is 5.05. The first kappa shape index (κ1) is 12.5. The Bertz CT molecular complexity index is 204. The van der Waals surface area contributed by atoms with E-state index in [0.29, 0.717) is 19.1 Å². The highest BCUT2D eigenvalue weighted by Crippen LogP contribution is 2.23. The van der Waals surface area contributed by atoms with Crippen molar-refractivity contribution < 1.29 is 4.79 Å². The van der Waals surface area contributed by atoms with Gasteiger partial charge in [0.15, 0.2) is 0 Å². The number of amides is 1. The van der Waals surface area contributed by atoms with Gasteiger partial charge in [-0.15, -0.1) is 0 Å². The summed E-state index contributed by atoms with van der Waals surface area (Å²) in [6.07, 6.45) is 4.69. The lowest BCUT2D eigenvalue weighted by Crippen LogP contribution is -2.44. The van der Waals surface area contributed by atoms with Crippen LogP contribution in [0.2, 0.25) is 0 Å². The standard InChI is InChI=1S/C11H23N3O/c1-13(8-4-7-12)11(15)9-14(2)10-5-3-6-10/h10H,3-9,12H2,1-2H3. The number of carbonyl (C=O) groups is 1. The maximum atomic E-state index is 11.7. The van der Waals surface area contributed by atoms with Crippen molar-refractivity contribution in [1.29, 1.82) is 0 Å². The van der Waals surface area contributed by atoms with Gasteiger partial charge in [-0.05, 0) is 32.9 Å². The molecule has 0 spiro atoms. The second kappa shape index (κ2) is 6.08. The molecule has 2 N–H and O–H groups in total. The minimum atomic E-state index is 0.206. The lowest BCUT2D eigenvalue weighted by atomic mass is 9.92. The van der Waals surface area contributed by atoms with E-state index in [9.17, 15) is 4.79 Å². The van der Waals surface area contributed by atoms with Gasteiger partial charge in [-0.1, -0.05) is 6.42 Å². The quantitative estimate of drug-likeness (QED) is 0.689. The van der Waals surface area contributed by atoms with Crippen LogP contribution in [0.15, 0.2) is 0 Å². The Morgan fingerprint density at radius 3 is 2.53 bits per heavy atom. The second-order valence-electron chi connectivity index (χ2n) is 4.46. The average Bonchev–Trinajstić information content (AvgIpc) is 2.10. The molecule has 0 bridgehead atoms. The third-order valence-electron chi connectivity index (χ3n) is 3.21. The zero-order valence-electron chi connectivity index (χ0n) is 9.91. The van der Waals surface area contributed by atoms with Gasteiger partial charge in [-0.2, -0.15) is 0 Å². The van der Waals surface area contributed by atoms with Crippen LogP contribution in [0.1, 0.15) is 25.7 Å². The Balaban J connectivity index is 2.20. The lowest BCUT2D eigenvalue weighted by molar-refractivity contribution is -0.131. The highest BCUT2D eigenvalue weighted by molar-refractivity contribution is 5.77. The van der Waals surface area contributed by atoms with E-state index in [1.807, 2.05) is 14.1 Å². The summed E-state index contributed by atoms with van der Waals surface area (Å²) >= 11 is 0. The summed E-state index contributed by atoms with van der Waals surface area (Å²) in [5.74, 6) is 0.206. The van der Waals surface area contributed by atoms with E-state index in [1.54, 1.807) is 4.90 Å². The van der Waals surface area contributed by atoms with E-state index >= 15 is 0 Å². The van der Waals surface area contributed by atoms with E-state index < -0.39 is 0 Å². The monoisotopic (exact) mass is 213 g/mol. The van der Waals surface area contributed by atoms with Crippen LogP contribution in [0, 0.1) is 0 Å². The normalized spacial score (nSPS) is 16.5. The molecule has 4 heteroatoms. The Morgan fingerprint density at radius 1 is 1.40 bits per heavy atom. The molecule has 1 aliphatic rings. The predicted molar refractivity (Wildman–Crippen MR) is 61.6 cm³/mol. The van der Waals surface area contributed by atoms with E-state index in [0.717, 1.165) is 13.0 Å². The van der Waals surface area contributed by atoms with Crippen LogP contribution < -0.4 is 5.73 Å². The fourth-order valence-electron chi connectivity index (χ4n) is 1.74. The van der Waals surface area contributed by atoms with E-state index in [-0.39, 0.29) is 5.91 Å². The molecule has 0 heterocycles. The van der Waals surface area contributed by atoms with Gasteiger partial charge in [-0.3, -0.25) is 9.69 Å². The van der Waals surface area contributed by atoms with Gasteiger partial charge in [0, 0.05) is 19.6 Å². The van der Waals surface area contributed by atoms with E-state index in [1.165, 1.54) is 19.3 Å². The molecule has 0 unspecified atom stereocenters. The molecule has 88 valence electrons. The summed E-state index contributed by atoms with van der Waals surface area (Å²) in [7, 11) is 3.89. The lowest BCUT2D eigenvalue weighted by Gasteiger charge is -2.35. The van der Waals surface area contributed by atoms with Gasteiger partial charge >= 0.3 is 0 Å². The predicted octanol–water partition coefficient (Wildman–Crippen LogP) is 0.278. The summed E-state index contributed by atoms with van der Waals surface area (Å²) in [4.78, 5) is 15.7. The maximum Gasteiger partial charge on any atom is 0.236 e.